The molecular formula is C21H23NO4. The molecule has 1 amide bonds. The Morgan fingerprint density at radius 3 is 2.38 bits per heavy atom. The maximum atomic E-state index is 12.0. The van der Waals surface area contributed by atoms with Crippen molar-refractivity contribution in [2.24, 2.45) is 0 Å². The Labute approximate surface area is 153 Å². The van der Waals surface area contributed by atoms with Crippen molar-refractivity contribution in [1.29, 1.82) is 0 Å². The number of carbonyl (C=O) groups excluding carboxylic acids is 2. The van der Waals surface area contributed by atoms with Gasteiger partial charge in [-0.05, 0) is 29.3 Å². The number of likely N-dealkylation sites (N-methyl/N-ethyl adjacent to an activating group) is 1. The molecule has 0 aliphatic carbocycles. The molecule has 0 spiro atoms. The number of nitrogens with zero attached hydrogens (tertiary/aromatic N) is 1. The fourth-order valence-electron chi connectivity index (χ4n) is 2.18. The van der Waals surface area contributed by atoms with E-state index >= 15 is 0 Å². The van der Waals surface area contributed by atoms with Crippen LogP contribution in [0.15, 0.2) is 60.7 Å². The summed E-state index contributed by atoms with van der Waals surface area (Å²) < 4.78 is 10.3. The van der Waals surface area contributed by atoms with E-state index in [4.69, 9.17) is 4.74 Å². The zero-order chi connectivity index (χ0) is 18.8. The molecule has 0 fully saturated rings. The summed E-state index contributed by atoms with van der Waals surface area (Å²) in [4.78, 5) is 24.6. The van der Waals surface area contributed by atoms with Crippen LogP contribution in [0.3, 0.4) is 0 Å². The van der Waals surface area contributed by atoms with Gasteiger partial charge >= 0.3 is 5.97 Å². The first-order valence-electron chi connectivity index (χ1n) is 8.35. The average molecular weight is 353 g/mol. The summed E-state index contributed by atoms with van der Waals surface area (Å²) in [6.45, 7) is 0.835. The van der Waals surface area contributed by atoms with E-state index < -0.39 is 0 Å². The van der Waals surface area contributed by atoms with Crippen LogP contribution in [-0.4, -0.2) is 37.5 Å². The van der Waals surface area contributed by atoms with Crippen LogP contribution < -0.4 is 4.74 Å². The van der Waals surface area contributed by atoms with Gasteiger partial charge < -0.3 is 14.4 Å². The molecule has 0 aliphatic rings. The Bertz CT molecular complexity index is 738. The minimum atomic E-state index is -0.334. The minimum absolute atomic E-state index is 0.168. The van der Waals surface area contributed by atoms with Gasteiger partial charge in [0.2, 0.25) is 5.91 Å². The van der Waals surface area contributed by atoms with Crippen molar-refractivity contribution >= 4 is 18.0 Å². The van der Waals surface area contributed by atoms with Gasteiger partial charge in [0.15, 0.2) is 0 Å². The third-order valence-electron chi connectivity index (χ3n) is 3.80. The van der Waals surface area contributed by atoms with Crippen molar-refractivity contribution in [2.75, 3.05) is 20.7 Å². The first kappa shape index (κ1) is 19.2. The lowest BCUT2D eigenvalue weighted by atomic mass is 10.2. The third-order valence-corrected chi connectivity index (χ3v) is 3.80. The zero-order valence-corrected chi connectivity index (χ0v) is 15.1. The molecule has 0 heterocycles. The molecule has 2 aromatic rings. The van der Waals surface area contributed by atoms with Gasteiger partial charge in [-0.2, -0.15) is 0 Å². The molecule has 0 unspecified atom stereocenters. The highest BCUT2D eigenvalue weighted by Gasteiger charge is 2.08. The van der Waals surface area contributed by atoms with Gasteiger partial charge in [0.1, 0.15) is 12.4 Å². The predicted molar refractivity (Wildman–Crippen MR) is 101 cm³/mol. The highest BCUT2D eigenvalue weighted by Crippen LogP contribution is 2.15. The summed E-state index contributed by atoms with van der Waals surface area (Å²) >= 11 is 0. The lowest BCUT2D eigenvalue weighted by Crippen LogP contribution is -2.27. The molecule has 0 bridgehead atoms. The van der Waals surface area contributed by atoms with Crippen molar-refractivity contribution < 1.29 is 19.1 Å². The van der Waals surface area contributed by atoms with E-state index in [1.165, 1.54) is 18.1 Å². The Morgan fingerprint density at radius 1 is 1.04 bits per heavy atom. The molecule has 0 aliphatic heterocycles. The molecule has 0 saturated carbocycles. The number of rotatable bonds is 8. The van der Waals surface area contributed by atoms with Crippen LogP contribution in [0, 0.1) is 0 Å². The Morgan fingerprint density at radius 2 is 1.73 bits per heavy atom. The summed E-state index contributed by atoms with van der Waals surface area (Å²) in [6, 6.07) is 17.5. The van der Waals surface area contributed by atoms with Crippen LogP contribution in [0.1, 0.15) is 17.5 Å². The van der Waals surface area contributed by atoms with E-state index in [0.29, 0.717) is 13.2 Å². The second-order valence-corrected chi connectivity index (χ2v) is 5.76. The lowest BCUT2D eigenvalue weighted by Gasteiger charge is -2.13. The first-order chi connectivity index (χ1) is 12.6. The molecule has 0 atom stereocenters. The molecule has 0 saturated heterocycles. The van der Waals surface area contributed by atoms with Crippen LogP contribution >= 0.6 is 0 Å². The fourth-order valence-corrected chi connectivity index (χ4v) is 2.18. The van der Waals surface area contributed by atoms with Crippen molar-refractivity contribution in [3.05, 3.63) is 71.8 Å². The average Bonchev–Trinajstić information content (AvgIpc) is 2.69. The number of hydrogen-bond donors (Lipinski definition) is 0. The number of ether oxygens (including phenoxy) is 2. The van der Waals surface area contributed by atoms with Crippen LogP contribution in [0.25, 0.3) is 6.08 Å². The number of carbonyl (C=O) groups is 2. The summed E-state index contributed by atoms with van der Waals surface area (Å²) in [7, 11) is 2.98. The monoisotopic (exact) mass is 353 g/mol. The van der Waals surface area contributed by atoms with Crippen molar-refractivity contribution in [1.82, 2.24) is 4.90 Å². The Kier molecular flexibility index (Phi) is 7.43. The van der Waals surface area contributed by atoms with Gasteiger partial charge in [0.05, 0.1) is 13.5 Å². The summed E-state index contributed by atoms with van der Waals surface area (Å²) in [5.74, 6) is 0.269. The standard InChI is InChI=1S/C21H23NO4/c1-22(15-14-21(24)25-2)20(23)13-10-17-8-11-19(12-9-17)26-16-18-6-4-3-5-7-18/h3-13H,14-16H2,1-2H3/b13-10+. The Balaban J connectivity index is 1.83. The molecule has 5 nitrogen and oxygen atoms in total. The van der Waals surface area contributed by atoms with Gasteiger partial charge in [-0.1, -0.05) is 42.5 Å². The van der Waals surface area contributed by atoms with Gasteiger partial charge in [-0.25, -0.2) is 0 Å². The molecule has 26 heavy (non-hydrogen) atoms. The molecule has 0 N–H and O–H groups in total. The lowest BCUT2D eigenvalue weighted by molar-refractivity contribution is -0.141. The van der Waals surface area contributed by atoms with Gasteiger partial charge in [-0.3, -0.25) is 9.59 Å². The topological polar surface area (TPSA) is 55.8 Å². The molecule has 0 aromatic heterocycles. The number of hydrogen-bond acceptors (Lipinski definition) is 4. The van der Waals surface area contributed by atoms with E-state index in [1.54, 1.807) is 13.1 Å². The van der Waals surface area contributed by atoms with Crippen molar-refractivity contribution in [3.63, 3.8) is 0 Å². The molecule has 2 rings (SSSR count). The predicted octanol–water partition coefficient (Wildman–Crippen LogP) is 3.30. The summed E-state index contributed by atoms with van der Waals surface area (Å²) in [5, 5.41) is 0. The van der Waals surface area contributed by atoms with E-state index in [1.807, 2.05) is 54.6 Å². The van der Waals surface area contributed by atoms with Gasteiger partial charge in [0, 0.05) is 19.7 Å². The maximum absolute atomic E-state index is 12.0. The van der Waals surface area contributed by atoms with Crippen molar-refractivity contribution in [3.8, 4) is 5.75 Å². The Hall–Kier alpha value is -3.08. The maximum Gasteiger partial charge on any atom is 0.307 e. The number of amides is 1. The fraction of sp³-hybridized carbons (Fsp3) is 0.238. The molecule has 2 aromatic carbocycles. The van der Waals surface area contributed by atoms with Crippen LogP contribution in [0.5, 0.6) is 5.75 Å². The third kappa shape index (κ3) is 6.43. The van der Waals surface area contributed by atoms with Crippen LogP contribution in [-0.2, 0) is 20.9 Å². The SMILES string of the molecule is COC(=O)CCN(C)C(=O)/C=C/c1ccc(OCc2ccccc2)cc1. The zero-order valence-electron chi connectivity index (χ0n) is 15.1. The largest absolute Gasteiger partial charge is 0.489 e. The van der Waals surface area contributed by atoms with Crippen LogP contribution in [0.2, 0.25) is 0 Å². The van der Waals surface area contributed by atoms with E-state index in [9.17, 15) is 9.59 Å². The summed E-state index contributed by atoms with van der Waals surface area (Å²) in [5.41, 5.74) is 2.00. The first-order valence-corrected chi connectivity index (χ1v) is 8.35. The van der Waals surface area contributed by atoms with E-state index in [-0.39, 0.29) is 18.3 Å². The summed E-state index contributed by atoms with van der Waals surface area (Å²) in [6.07, 6.45) is 3.40. The van der Waals surface area contributed by atoms with E-state index in [0.717, 1.165) is 16.9 Å². The highest BCUT2D eigenvalue weighted by atomic mass is 16.5. The minimum Gasteiger partial charge on any atom is -0.489 e. The van der Waals surface area contributed by atoms with Crippen LogP contribution in [0.4, 0.5) is 0 Å². The number of methoxy groups -OCH3 is 1. The highest BCUT2D eigenvalue weighted by molar-refractivity contribution is 5.91. The van der Waals surface area contributed by atoms with E-state index in [2.05, 4.69) is 4.74 Å². The molecule has 5 heteroatoms. The number of benzene rings is 2. The normalized spacial score (nSPS) is 10.5. The quantitative estimate of drug-likeness (QED) is 0.540. The van der Waals surface area contributed by atoms with Gasteiger partial charge in [0.25, 0.3) is 0 Å². The van der Waals surface area contributed by atoms with Gasteiger partial charge in [-0.15, -0.1) is 0 Å². The molecule has 0 radical (unpaired) electrons. The molecular weight excluding hydrogens is 330 g/mol. The smallest absolute Gasteiger partial charge is 0.307 e. The van der Waals surface area contributed by atoms with Crippen molar-refractivity contribution in [2.45, 2.75) is 13.0 Å². The molecule has 136 valence electrons. The second-order valence-electron chi connectivity index (χ2n) is 5.76. The number of esters is 1. The second kappa shape index (κ2) is 10.0.